The largest absolute Gasteiger partial charge is 0.369 e. The van der Waals surface area contributed by atoms with Crippen LogP contribution in [-0.4, -0.2) is 56.0 Å². The predicted octanol–water partition coefficient (Wildman–Crippen LogP) is 2.81. The molecule has 1 saturated heterocycles. The van der Waals surface area contributed by atoms with Crippen LogP contribution in [0.3, 0.4) is 0 Å². The van der Waals surface area contributed by atoms with Crippen molar-refractivity contribution in [1.29, 1.82) is 0 Å². The molecule has 2 amide bonds. The first-order valence-electron chi connectivity index (χ1n) is 10.1. The number of amides is 2. The van der Waals surface area contributed by atoms with Crippen molar-refractivity contribution in [2.24, 2.45) is 0 Å². The average molecular weight is 395 g/mol. The van der Waals surface area contributed by atoms with E-state index in [0.717, 1.165) is 43.0 Å². The van der Waals surface area contributed by atoms with Gasteiger partial charge in [0.1, 0.15) is 6.04 Å². The summed E-state index contributed by atoms with van der Waals surface area (Å²) in [6.45, 7) is 9.72. The third-order valence-corrected chi connectivity index (χ3v) is 5.36. The summed E-state index contributed by atoms with van der Waals surface area (Å²) in [5.41, 5.74) is 4.51. The van der Waals surface area contributed by atoms with E-state index in [2.05, 4.69) is 33.5 Å². The highest BCUT2D eigenvalue weighted by Crippen LogP contribution is 2.23. The Kier molecular flexibility index (Phi) is 6.54. The van der Waals surface area contributed by atoms with Crippen molar-refractivity contribution < 1.29 is 9.59 Å². The molecule has 2 aromatic carbocycles. The van der Waals surface area contributed by atoms with Gasteiger partial charge in [0.15, 0.2) is 0 Å². The smallest absolute Gasteiger partial charge is 0.251 e. The summed E-state index contributed by atoms with van der Waals surface area (Å²) in [6, 6.07) is 12.8. The molecule has 0 radical (unpaired) electrons. The van der Waals surface area contributed by atoms with E-state index in [1.54, 1.807) is 19.1 Å². The topological polar surface area (TPSA) is 64.7 Å². The maximum Gasteiger partial charge on any atom is 0.251 e. The number of carbonyl (C=O) groups excluding carboxylic acids is 2. The molecule has 1 aliphatic heterocycles. The Labute approximate surface area is 172 Å². The van der Waals surface area contributed by atoms with Gasteiger partial charge < -0.3 is 20.4 Å². The number of carbonyl (C=O) groups is 2. The predicted molar refractivity (Wildman–Crippen MR) is 118 cm³/mol. The minimum absolute atomic E-state index is 0.235. The van der Waals surface area contributed by atoms with Gasteiger partial charge in [-0.25, -0.2) is 0 Å². The van der Waals surface area contributed by atoms with Crippen LogP contribution in [0.1, 0.15) is 28.4 Å². The monoisotopic (exact) mass is 394 g/mol. The van der Waals surface area contributed by atoms with E-state index >= 15 is 0 Å². The molecule has 29 heavy (non-hydrogen) atoms. The Bertz CT molecular complexity index is 888. The van der Waals surface area contributed by atoms with Gasteiger partial charge in [0, 0.05) is 43.1 Å². The number of nitrogens with zero attached hydrogens (tertiary/aromatic N) is 2. The Morgan fingerprint density at radius 3 is 2.38 bits per heavy atom. The third-order valence-electron chi connectivity index (χ3n) is 5.36. The molecular weight excluding hydrogens is 364 g/mol. The Morgan fingerprint density at radius 1 is 1.00 bits per heavy atom. The van der Waals surface area contributed by atoms with Crippen LogP contribution in [0.15, 0.2) is 42.5 Å². The highest BCUT2D eigenvalue weighted by atomic mass is 16.2. The second-order valence-electron chi connectivity index (χ2n) is 7.84. The SMILES string of the molecule is Cc1cccc(C(=O)N[C@@H](C)C(=O)Nc2ccc(N3CCN(C)CC3)cc2C)c1. The van der Waals surface area contributed by atoms with E-state index in [-0.39, 0.29) is 11.8 Å². The second-order valence-corrected chi connectivity index (χ2v) is 7.84. The van der Waals surface area contributed by atoms with E-state index in [1.807, 2.05) is 38.1 Å². The molecule has 1 heterocycles. The lowest BCUT2D eigenvalue weighted by atomic mass is 10.1. The lowest BCUT2D eigenvalue weighted by molar-refractivity contribution is -0.117. The van der Waals surface area contributed by atoms with Crippen LogP contribution >= 0.6 is 0 Å². The molecule has 6 heteroatoms. The van der Waals surface area contributed by atoms with Gasteiger partial charge in [0.25, 0.3) is 5.91 Å². The summed E-state index contributed by atoms with van der Waals surface area (Å²) in [7, 11) is 2.14. The van der Waals surface area contributed by atoms with Gasteiger partial charge >= 0.3 is 0 Å². The Balaban J connectivity index is 1.60. The highest BCUT2D eigenvalue weighted by molar-refractivity contribution is 6.01. The van der Waals surface area contributed by atoms with Gasteiger partial charge in [-0.1, -0.05) is 17.7 Å². The van der Waals surface area contributed by atoms with Crippen molar-refractivity contribution in [3.05, 3.63) is 59.2 Å². The zero-order valence-corrected chi connectivity index (χ0v) is 17.7. The molecule has 2 aromatic rings. The molecule has 2 N–H and O–H groups in total. The Hall–Kier alpha value is -2.86. The van der Waals surface area contributed by atoms with Gasteiger partial charge in [-0.05, 0) is 63.7 Å². The summed E-state index contributed by atoms with van der Waals surface area (Å²) in [4.78, 5) is 29.6. The minimum Gasteiger partial charge on any atom is -0.369 e. The molecule has 1 aliphatic rings. The van der Waals surface area contributed by atoms with Crippen LogP contribution < -0.4 is 15.5 Å². The molecular formula is C23H30N4O2. The van der Waals surface area contributed by atoms with Crippen molar-refractivity contribution in [2.45, 2.75) is 26.8 Å². The molecule has 1 atom stereocenters. The van der Waals surface area contributed by atoms with Gasteiger partial charge in [-0.3, -0.25) is 9.59 Å². The molecule has 0 aliphatic carbocycles. The van der Waals surface area contributed by atoms with Gasteiger partial charge in [-0.15, -0.1) is 0 Å². The van der Waals surface area contributed by atoms with E-state index in [0.29, 0.717) is 5.56 Å². The van der Waals surface area contributed by atoms with Gasteiger partial charge in [0.2, 0.25) is 5.91 Å². The number of aryl methyl sites for hydroxylation is 2. The van der Waals surface area contributed by atoms with E-state index < -0.39 is 6.04 Å². The van der Waals surface area contributed by atoms with Crippen LogP contribution in [0.25, 0.3) is 0 Å². The number of likely N-dealkylation sites (N-methyl/N-ethyl adjacent to an activating group) is 1. The highest BCUT2D eigenvalue weighted by Gasteiger charge is 2.19. The van der Waals surface area contributed by atoms with Crippen LogP contribution in [-0.2, 0) is 4.79 Å². The van der Waals surface area contributed by atoms with E-state index in [4.69, 9.17) is 0 Å². The number of benzene rings is 2. The summed E-state index contributed by atoms with van der Waals surface area (Å²) in [5.74, 6) is -0.486. The lowest BCUT2D eigenvalue weighted by Gasteiger charge is -2.34. The van der Waals surface area contributed by atoms with E-state index in [9.17, 15) is 9.59 Å². The zero-order valence-electron chi connectivity index (χ0n) is 17.7. The van der Waals surface area contributed by atoms with Crippen molar-refractivity contribution in [1.82, 2.24) is 10.2 Å². The van der Waals surface area contributed by atoms with Crippen LogP contribution in [0.5, 0.6) is 0 Å². The second kappa shape index (κ2) is 9.09. The normalized spacial score (nSPS) is 15.7. The number of rotatable bonds is 5. The summed E-state index contributed by atoms with van der Waals surface area (Å²) in [5, 5.41) is 5.70. The molecule has 1 fully saturated rings. The minimum atomic E-state index is -0.639. The maximum absolute atomic E-state index is 12.6. The van der Waals surface area contributed by atoms with Crippen LogP contribution in [0, 0.1) is 13.8 Å². The fourth-order valence-electron chi connectivity index (χ4n) is 3.42. The summed E-state index contributed by atoms with van der Waals surface area (Å²) < 4.78 is 0. The number of hydrogen-bond acceptors (Lipinski definition) is 4. The van der Waals surface area contributed by atoms with Crippen molar-refractivity contribution in [2.75, 3.05) is 43.4 Å². The van der Waals surface area contributed by atoms with Crippen molar-refractivity contribution in [3.8, 4) is 0 Å². The quantitative estimate of drug-likeness (QED) is 0.819. The zero-order chi connectivity index (χ0) is 21.0. The molecule has 0 spiro atoms. The summed E-state index contributed by atoms with van der Waals surface area (Å²) in [6.07, 6.45) is 0. The Morgan fingerprint density at radius 2 is 1.72 bits per heavy atom. The van der Waals surface area contributed by atoms with Crippen LogP contribution in [0.4, 0.5) is 11.4 Å². The molecule has 0 bridgehead atoms. The van der Waals surface area contributed by atoms with Crippen molar-refractivity contribution >= 4 is 23.2 Å². The van der Waals surface area contributed by atoms with Crippen molar-refractivity contribution in [3.63, 3.8) is 0 Å². The number of hydrogen-bond donors (Lipinski definition) is 2. The lowest BCUT2D eigenvalue weighted by Crippen LogP contribution is -2.44. The third kappa shape index (κ3) is 5.35. The number of nitrogens with one attached hydrogen (secondary N) is 2. The van der Waals surface area contributed by atoms with Gasteiger partial charge in [0.05, 0.1) is 0 Å². The molecule has 3 rings (SSSR count). The molecule has 154 valence electrons. The first-order chi connectivity index (χ1) is 13.8. The maximum atomic E-state index is 12.6. The van der Waals surface area contributed by atoms with Crippen LogP contribution in [0.2, 0.25) is 0 Å². The number of anilines is 2. The molecule has 0 aromatic heterocycles. The fourth-order valence-corrected chi connectivity index (χ4v) is 3.42. The van der Waals surface area contributed by atoms with Gasteiger partial charge in [-0.2, -0.15) is 0 Å². The summed E-state index contributed by atoms with van der Waals surface area (Å²) >= 11 is 0. The molecule has 0 saturated carbocycles. The first-order valence-corrected chi connectivity index (χ1v) is 10.1. The van der Waals surface area contributed by atoms with E-state index in [1.165, 1.54) is 5.69 Å². The average Bonchev–Trinajstić information content (AvgIpc) is 2.70. The molecule has 6 nitrogen and oxygen atoms in total. The first kappa shape index (κ1) is 20.9. The fraction of sp³-hybridized carbons (Fsp3) is 0.391. The molecule has 0 unspecified atom stereocenters. The number of piperazine rings is 1. The standard InChI is InChI=1S/C23H30N4O2/c1-16-6-5-7-19(14-16)23(29)24-18(3)22(28)25-21-9-8-20(15-17(21)2)27-12-10-26(4)11-13-27/h5-9,14-15,18H,10-13H2,1-4H3,(H,24,29)(H,25,28)/t18-/m0/s1.